The molecule has 4 rings (SSSR count). The zero-order chi connectivity index (χ0) is 32.4. The van der Waals surface area contributed by atoms with Crippen LogP contribution >= 0.6 is 0 Å². The van der Waals surface area contributed by atoms with Gasteiger partial charge in [-0.2, -0.15) is 0 Å². The number of hydrogen-bond donors (Lipinski definition) is 3. The van der Waals surface area contributed by atoms with Crippen molar-refractivity contribution in [2.45, 2.75) is 104 Å². The zero-order valence-electron chi connectivity index (χ0n) is 26.9. The van der Waals surface area contributed by atoms with Crippen LogP contribution in [0.2, 0.25) is 0 Å². The van der Waals surface area contributed by atoms with E-state index < -0.39 is 53.1 Å². The smallest absolute Gasteiger partial charge is 0.316 e. The second-order valence-electron chi connectivity index (χ2n) is 13.3. The van der Waals surface area contributed by atoms with Crippen LogP contribution in [0.3, 0.4) is 0 Å². The van der Waals surface area contributed by atoms with E-state index in [0.29, 0.717) is 25.1 Å². The molecule has 11 nitrogen and oxygen atoms in total. The van der Waals surface area contributed by atoms with Gasteiger partial charge in [0.05, 0.1) is 28.3 Å². The van der Waals surface area contributed by atoms with Crippen LogP contribution in [0.15, 0.2) is 36.4 Å². The van der Waals surface area contributed by atoms with Crippen molar-refractivity contribution in [2.24, 2.45) is 5.41 Å². The molecule has 1 saturated heterocycles. The lowest BCUT2D eigenvalue weighted by Gasteiger charge is -2.36. The van der Waals surface area contributed by atoms with Gasteiger partial charge in [0.25, 0.3) is 11.8 Å². The highest BCUT2D eigenvalue weighted by Crippen LogP contribution is 2.26. The standard InChI is InChI=1S/C33H45N5O6/c1-19-24-14-13-23-12-11-22(18-26(23)36-24)15-16-33(7,8)31(42)43-27(21(3)44-32(4,5)6)29(40)35-20(2)30(41)38-17-9-10-25(37-38)28(39)34-19/h11-16,18-21,25,27,37H,9-10,17H2,1-8H3,(H,34,39)(H,35,40)/b16-15-/t19-,20+,21-,25+,27+/m1/s1. The SMILES string of the molecule is C[C@@H]1NC(=O)[C@H]([C@@H](C)OC(C)(C)C)OC(=O)C(C)(C)/C=C\c2ccc3ccc(nc3c2)[C@@H](C)NC(=O)[C@@H]2CCCN(N2)C1=O. The molecule has 44 heavy (non-hydrogen) atoms. The Hall–Kier alpha value is -3.83. The highest BCUT2D eigenvalue weighted by atomic mass is 16.6. The highest BCUT2D eigenvalue weighted by molar-refractivity contribution is 5.92. The third kappa shape index (κ3) is 8.00. The van der Waals surface area contributed by atoms with Crippen molar-refractivity contribution in [3.63, 3.8) is 0 Å². The summed E-state index contributed by atoms with van der Waals surface area (Å²) >= 11 is 0. The molecule has 3 N–H and O–H groups in total. The molecule has 238 valence electrons. The van der Waals surface area contributed by atoms with Crippen molar-refractivity contribution < 1.29 is 28.7 Å². The fourth-order valence-electron chi connectivity index (χ4n) is 5.23. The fourth-order valence-corrected chi connectivity index (χ4v) is 5.23. The molecule has 0 unspecified atom stereocenters. The highest BCUT2D eigenvalue weighted by Gasteiger charge is 2.39. The Morgan fingerprint density at radius 3 is 2.41 bits per heavy atom. The Balaban J connectivity index is 1.72. The Bertz CT molecular complexity index is 1450. The van der Waals surface area contributed by atoms with Gasteiger partial charge in [0, 0.05) is 11.9 Å². The van der Waals surface area contributed by atoms with Gasteiger partial charge in [-0.3, -0.25) is 29.2 Å². The average molecular weight is 608 g/mol. The lowest BCUT2D eigenvalue weighted by Crippen LogP contribution is -2.61. The van der Waals surface area contributed by atoms with E-state index in [2.05, 4.69) is 16.1 Å². The minimum atomic E-state index is -1.32. The molecule has 1 aromatic carbocycles. The molecule has 2 aromatic rings. The summed E-state index contributed by atoms with van der Waals surface area (Å²) in [4.78, 5) is 58.5. The van der Waals surface area contributed by atoms with Crippen molar-refractivity contribution in [3.05, 3.63) is 47.7 Å². The molecule has 5 bridgehead atoms. The molecular weight excluding hydrogens is 562 g/mol. The number of nitrogens with zero attached hydrogens (tertiary/aromatic N) is 2. The molecule has 0 spiro atoms. The number of amides is 3. The number of pyridine rings is 1. The molecule has 1 fully saturated rings. The number of carbonyl (C=O) groups is 4. The zero-order valence-corrected chi connectivity index (χ0v) is 26.9. The number of esters is 1. The molecule has 3 amide bonds. The monoisotopic (exact) mass is 607 g/mol. The van der Waals surface area contributed by atoms with E-state index in [-0.39, 0.29) is 11.9 Å². The van der Waals surface area contributed by atoms with Gasteiger partial charge in [-0.25, -0.2) is 5.43 Å². The summed E-state index contributed by atoms with van der Waals surface area (Å²) in [7, 11) is 0. The largest absolute Gasteiger partial charge is 0.449 e. The van der Waals surface area contributed by atoms with E-state index in [4.69, 9.17) is 14.5 Å². The van der Waals surface area contributed by atoms with Crippen LogP contribution in [-0.2, 0) is 28.7 Å². The van der Waals surface area contributed by atoms with Crippen LogP contribution < -0.4 is 16.1 Å². The number of benzene rings is 1. The average Bonchev–Trinajstić information content (AvgIpc) is 2.96. The maximum Gasteiger partial charge on any atom is 0.316 e. The summed E-state index contributed by atoms with van der Waals surface area (Å²) in [6, 6.07) is 7.63. The topological polar surface area (TPSA) is 139 Å². The first-order valence-corrected chi connectivity index (χ1v) is 15.2. The van der Waals surface area contributed by atoms with E-state index in [9.17, 15) is 19.2 Å². The van der Waals surface area contributed by atoms with Gasteiger partial charge in [0.2, 0.25) is 12.0 Å². The quantitative estimate of drug-likeness (QED) is 0.441. The van der Waals surface area contributed by atoms with Crippen LogP contribution in [0.4, 0.5) is 0 Å². The number of hydrazine groups is 1. The van der Waals surface area contributed by atoms with Crippen molar-refractivity contribution in [1.82, 2.24) is 26.1 Å². The summed E-state index contributed by atoms with van der Waals surface area (Å²) in [6.45, 7) is 14.4. The van der Waals surface area contributed by atoms with Gasteiger partial charge >= 0.3 is 5.97 Å². The number of aromatic nitrogens is 1. The number of fused-ring (bicyclic) bond motifs is 4. The summed E-state index contributed by atoms with van der Waals surface area (Å²) < 4.78 is 11.8. The van der Waals surface area contributed by atoms with Gasteiger partial charge in [-0.15, -0.1) is 0 Å². The molecule has 0 aliphatic carbocycles. The molecular formula is C33H45N5O6. The van der Waals surface area contributed by atoms with Crippen LogP contribution in [0.25, 0.3) is 17.0 Å². The minimum absolute atomic E-state index is 0.251. The van der Waals surface area contributed by atoms with Gasteiger partial charge in [-0.1, -0.05) is 30.4 Å². The molecule has 0 saturated carbocycles. The van der Waals surface area contributed by atoms with E-state index in [0.717, 1.165) is 16.5 Å². The van der Waals surface area contributed by atoms with Crippen molar-refractivity contribution in [1.29, 1.82) is 0 Å². The minimum Gasteiger partial charge on any atom is -0.449 e. The van der Waals surface area contributed by atoms with Gasteiger partial charge < -0.3 is 20.1 Å². The molecule has 0 radical (unpaired) electrons. The molecule has 11 heteroatoms. The fraction of sp³-hybridized carbons (Fsp3) is 0.545. The van der Waals surface area contributed by atoms with Crippen LogP contribution in [0.1, 0.15) is 85.5 Å². The van der Waals surface area contributed by atoms with Crippen LogP contribution in [0, 0.1) is 5.41 Å². The Morgan fingerprint density at radius 1 is 1.02 bits per heavy atom. The summed E-state index contributed by atoms with van der Waals surface area (Å²) in [5.41, 5.74) is 3.56. The molecule has 2 aliphatic rings. The predicted octanol–water partition coefficient (Wildman–Crippen LogP) is 3.58. The lowest BCUT2D eigenvalue weighted by atomic mass is 9.92. The summed E-state index contributed by atoms with van der Waals surface area (Å²) in [5.74, 6) is -1.95. The Morgan fingerprint density at radius 2 is 1.70 bits per heavy atom. The first-order valence-electron chi connectivity index (χ1n) is 15.2. The number of cyclic esters (lactones) is 1. The first kappa shape index (κ1) is 33.1. The van der Waals surface area contributed by atoms with Gasteiger partial charge in [-0.05, 0) is 85.9 Å². The van der Waals surface area contributed by atoms with Crippen molar-refractivity contribution >= 4 is 40.7 Å². The third-order valence-corrected chi connectivity index (χ3v) is 7.71. The Labute approximate surface area is 259 Å². The van der Waals surface area contributed by atoms with Gasteiger partial charge in [0.15, 0.2) is 0 Å². The number of rotatable bonds is 2. The summed E-state index contributed by atoms with van der Waals surface area (Å²) in [5, 5.41) is 8.01. The first-order chi connectivity index (χ1) is 20.5. The molecule has 1 aromatic heterocycles. The van der Waals surface area contributed by atoms with Crippen LogP contribution in [-0.4, -0.2) is 70.1 Å². The second-order valence-corrected chi connectivity index (χ2v) is 13.3. The van der Waals surface area contributed by atoms with E-state index >= 15 is 0 Å². The number of hydrogen-bond acceptors (Lipinski definition) is 8. The van der Waals surface area contributed by atoms with Crippen molar-refractivity contribution in [3.8, 4) is 0 Å². The Kier molecular flexibility index (Phi) is 9.80. The maximum absolute atomic E-state index is 13.6. The molecule has 5 atom stereocenters. The number of nitrogens with one attached hydrogen (secondary N) is 3. The van der Waals surface area contributed by atoms with Crippen molar-refractivity contribution in [2.75, 3.05) is 6.54 Å². The third-order valence-electron chi connectivity index (χ3n) is 7.71. The normalized spacial score (nSPS) is 26.9. The maximum atomic E-state index is 13.6. The molecule has 3 heterocycles. The lowest BCUT2D eigenvalue weighted by molar-refractivity contribution is -0.177. The number of carbonyl (C=O) groups excluding carboxylic acids is 4. The second kappa shape index (κ2) is 13.0. The van der Waals surface area contributed by atoms with E-state index in [1.54, 1.807) is 33.8 Å². The van der Waals surface area contributed by atoms with E-state index in [1.165, 1.54) is 5.01 Å². The van der Waals surface area contributed by atoms with Gasteiger partial charge in [0.1, 0.15) is 18.2 Å². The molecule has 2 aliphatic heterocycles. The van der Waals surface area contributed by atoms with Crippen LogP contribution in [0.5, 0.6) is 0 Å². The predicted molar refractivity (Wildman–Crippen MR) is 167 cm³/mol. The van der Waals surface area contributed by atoms with E-state index in [1.807, 2.05) is 64.1 Å². The summed E-state index contributed by atoms with van der Waals surface area (Å²) in [6.07, 6.45) is 2.54. The number of ether oxygens (including phenoxy) is 2.